The Morgan fingerprint density at radius 3 is 2.29 bits per heavy atom. The molecule has 0 aliphatic carbocycles. The SMILES string of the molecule is COc1ccc(C(=O)NC(C)C)cc1C(=O)Nc1ccc(Cl)cc1. The first kappa shape index (κ1) is 17.8. The molecule has 0 spiro atoms. The number of carbonyl (C=O) groups excluding carboxylic acids is 2. The second kappa shape index (κ2) is 7.84. The third-order valence-electron chi connectivity index (χ3n) is 3.23. The molecule has 0 radical (unpaired) electrons. The molecular weight excluding hydrogens is 328 g/mol. The van der Waals surface area contributed by atoms with Gasteiger partial charge in [0.2, 0.25) is 0 Å². The minimum absolute atomic E-state index is 0.00551. The number of hydrogen-bond acceptors (Lipinski definition) is 3. The number of amides is 2. The summed E-state index contributed by atoms with van der Waals surface area (Å²) in [6, 6.07) is 11.5. The first-order valence-electron chi connectivity index (χ1n) is 7.46. The summed E-state index contributed by atoms with van der Waals surface area (Å²) in [6.45, 7) is 3.74. The fraction of sp³-hybridized carbons (Fsp3) is 0.222. The predicted molar refractivity (Wildman–Crippen MR) is 95.0 cm³/mol. The first-order valence-corrected chi connectivity index (χ1v) is 7.84. The maximum atomic E-state index is 12.5. The molecule has 0 fully saturated rings. The molecule has 0 unspecified atom stereocenters. The molecule has 5 nitrogen and oxygen atoms in total. The highest BCUT2D eigenvalue weighted by Gasteiger charge is 2.16. The van der Waals surface area contributed by atoms with Gasteiger partial charge in [0.25, 0.3) is 11.8 Å². The Balaban J connectivity index is 2.27. The van der Waals surface area contributed by atoms with Crippen molar-refractivity contribution >= 4 is 29.1 Å². The zero-order valence-corrected chi connectivity index (χ0v) is 14.5. The molecule has 126 valence electrons. The Labute approximate surface area is 146 Å². The minimum Gasteiger partial charge on any atom is -0.496 e. The lowest BCUT2D eigenvalue weighted by Crippen LogP contribution is -2.30. The third kappa shape index (κ3) is 4.49. The number of anilines is 1. The number of carbonyl (C=O) groups is 2. The number of hydrogen-bond donors (Lipinski definition) is 2. The van der Waals surface area contributed by atoms with Crippen molar-refractivity contribution < 1.29 is 14.3 Å². The lowest BCUT2D eigenvalue weighted by Gasteiger charge is -2.13. The molecule has 0 saturated carbocycles. The van der Waals surface area contributed by atoms with Crippen LogP contribution in [0.1, 0.15) is 34.6 Å². The van der Waals surface area contributed by atoms with E-state index in [9.17, 15) is 9.59 Å². The zero-order chi connectivity index (χ0) is 17.7. The number of rotatable bonds is 5. The van der Waals surface area contributed by atoms with Crippen LogP contribution in [0, 0.1) is 0 Å². The van der Waals surface area contributed by atoms with Crippen molar-refractivity contribution in [3.8, 4) is 5.75 Å². The van der Waals surface area contributed by atoms with Crippen molar-refractivity contribution in [3.63, 3.8) is 0 Å². The van der Waals surface area contributed by atoms with E-state index >= 15 is 0 Å². The van der Waals surface area contributed by atoms with E-state index < -0.39 is 0 Å². The first-order chi connectivity index (χ1) is 11.4. The van der Waals surface area contributed by atoms with E-state index in [1.807, 2.05) is 13.8 Å². The van der Waals surface area contributed by atoms with Crippen molar-refractivity contribution in [1.29, 1.82) is 0 Å². The van der Waals surface area contributed by atoms with E-state index in [-0.39, 0.29) is 23.4 Å². The summed E-state index contributed by atoms with van der Waals surface area (Å²) < 4.78 is 5.23. The highest BCUT2D eigenvalue weighted by atomic mass is 35.5. The van der Waals surface area contributed by atoms with Gasteiger partial charge in [-0.15, -0.1) is 0 Å². The van der Waals surface area contributed by atoms with Crippen LogP contribution in [0.3, 0.4) is 0 Å². The molecule has 2 N–H and O–H groups in total. The Kier molecular flexibility index (Phi) is 5.82. The molecule has 2 rings (SSSR count). The monoisotopic (exact) mass is 346 g/mol. The fourth-order valence-corrected chi connectivity index (χ4v) is 2.23. The maximum absolute atomic E-state index is 12.5. The van der Waals surface area contributed by atoms with Crippen LogP contribution in [0.4, 0.5) is 5.69 Å². The molecule has 24 heavy (non-hydrogen) atoms. The Morgan fingerprint density at radius 2 is 1.71 bits per heavy atom. The van der Waals surface area contributed by atoms with E-state index in [0.717, 1.165) is 0 Å². The average Bonchev–Trinajstić information content (AvgIpc) is 2.55. The highest BCUT2D eigenvalue weighted by Crippen LogP contribution is 2.22. The largest absolute Gasteiger partial charge is 0.496 e. The summed E-state index contributed by atoms with van der Waals surface area (Å²) in [5.41, 5.74) is 1.28. The highest BCUT2D eigenvalue weighted by molar-refractivity contribution is 6.30. The molecule has 0 aliphatic rings. The number of nitrogens with one attached hydrogen (secondary N) is 2. The van der Waals surface area contributed by atoms with Crippen LogP contribution < -0.4 is 15.4 Å². The van der Waals surface area contributed by atoms with Crippen molar-refractivity contribution in [2.75, 3.05) is 12.4 Å². The van der Waals surface area contributed by atoms with Gasteiger partial charge < -0.3 is 15.4 Å². The van der Waals surface area contributed by atoms with Gasteiger partial charge in [-0.1, -0.05) is 11.6 Å². The number of ether oxygens (including phenoxy) is 1. The molecule has 0 saturated heterocycles. The Morgan fingerprint density at radius 1 is 1.04 bits per heavy atom. The normalized spacial score (nSPS) is 10.4. The van der Waals surface area contributed by atoms with Crippen LogP contribution >= 0.6 is 11.6 Å². The van der Waals surface area contributed by atoms with E-state index in [1.54, 1.807) is 36.4 Å². The molecule has 2 aromatic carbocycles. The lowest BCUT2D eigenvalue weighted by molar-refractivity contribution is 0.0943. The maximum Gasteiger partial charge on any atom is 0.259 e. The third-order valence-corrected chi connectivity index (χ3v) is 3.48. The molecule has 0 heterocycles. The average molecular weight is 347 g/mol. The molecule has 0 atom stereocenters. The van der Waals surface area contributed by atoms with Crippen molar-refractivity contribution in [3.05, 3.63) is 58.6 Å². The lowest BCUT2D eigenvalue weighted by atomic mass is 10.1. The molecular formula is C18H19ClN2O3. The second-order valence-corrected chi connectivity index (χ2v) is 5.94. The van der Waals surface area contributed by atoms with Crippen LogP contribution in [-0.4, -0.2) is 25.0 Å². The number of methoxy groups -OCH3 is 1. The quantitative estimate of drug-likeness (QED) is 0.866. The van der Waals surface area contributed by atoms with Gasteiger partial charge >= 0.3 is 0 Å². The van der Waals surface area contributed by atoms with Crippen LogP contribution in [0.5, 0.6) is 5.75 Å². The molecule has 0 aliphatic heterocycles. The van der Waals surface area contributed by atoms with Crippen LogP contribution in [0.25, 0.3) is 0 Å². The van der Waals surface area contributed by atoms with Gasteiger partial charge in [0.1, 0.15) is 5.75 Å². The van der Waals surface area contributed by atoms with Gasteiger partial charge in [0.05, 0.1) is 12.7 Å². The topological polar surface area (TPSA) is 67.4 Å². The predicted octanol–water partition coefficient (Wildman–Crippen LogP) is 3.74. The molecule has 2 aromatic rings. The van der Waals surface area contributed by atoms with Gasteiger partial charge in [0, 0.05) is 22.3 Å². The summed E-state index contributed by atoms with van der Waals surface area (Å²) in [5, 5.41) is 6.13. The van der Waals surface area contributed by atoms with E-state index in [1.165, 1.54) is 13.2 Å². The summed E-state index contributed by atoms with van der Waals surface area (Å²) in [7, 11) is 1.47. The van der Waals surface area contributed by atoms with Crippen molar-refractivity contribution in [2.24, 2.45) is 0 Å². The summed E-state index contributed by atoms with van der Waals surface area (Å²) in [6.07, 6.45) is 0. The van der Waals surface area contributed by atoms with Crippen molar-refractivity contribution in [2.45, 2.75) is 19.9 Å². The van der Waals surface area contributed by atoms with Crippen LogP contribution in [0.15, 0.2) is 42.5 Å². The van der Waals surface area contributed by atoms with Gasteiger partial charge in [-0.25, -0.2) is 0 Å². The number of benzene rings is 2. The summed E-state index contributed by atoms with van der Waals surface area (Å²) >= 11 is 5.83. The smallest absolute Gasteiger partial charge is 0.259 e. The molecule has 6 heteroatoms. The van der Waals surface area contributed by atoms with Crippen molar-refractivity contribution in [1.82, 2.24) is 5.32 Å². The minimum atomic E-state index is -0.367. The Hall–Kier alpha value is -2.53. The van der Waals surface area contributed by atoms with E-state index in [4.69, 9.17) is 16.3 Å². The van der Waals surface area contributed by atoms with E-state index in [0.29, 0.717) is 22.0 Å². The summed E-state index contributed by atoms with van der Waals surface area (Å²) in [5.74, 6) is -0.218. The standard InChI is InChI=1S/C18H19ClN2O3/c1-11(2)20-17(22)12-4-9-16(24-3)15(10-12)18(23)21-14-7-5-13(19)6-8-14/h4-11H,1-3H3,(H,20,22)(H,21,23). The van der Waals surface area contributed by atoms with Crippen LogP contribution in [0.2, 0.25) is 5.02 Å². The van der Waals surface area contributed by atoms with Gasteiger partial charge in [0.15, 0.2) is 0 Å². The number of halogens is 1. The fourth-order valence-electron chi connectivity index (χ4n) is 2.10. The molecule has 2 amide bonds. The van der Waals surface area contributed by atoms with E-state index in [2.05, 4.69) is 10.6 Å². The van der Waals surface area contributed by atoms with Gasteiger partial charge in [-0.2, -0.15) is 0 Å². The Bertz CT molecular complexity index is 742. The van der Waals surface area contributed by atoms with Gasteiger partial charge in [-0.05, 0) is 56.3 Å². The zero-order valence-electron chi connectivity index (χ0n) is 13.7. The molecule has 0 bridgehead atoms. The van der Waals surface area contributed by atoms with Crippen LogP contribution in [-0.2, 0) is 0 Å². The molecule has 0 aromatic heterocycles. The summed E-state index contributed by atoms with van der Waals surface area (Å²) in [4.78, 5) is 24.6. The van der Waals surface area contributed by atoms with Gasteiger partial charge in [-0.3, -0.25) is 9.59 Å². The second-order valence-electron chi connectivity index (χ2n) is 5.50.